The van der Waals surface area contributed by atoms with Gasteiger partial charge < -0.3 is 15.7 Å². The van der Waals surface area contributed by atoms with E-state index in [1.807, 2.05) is 0 Å². The van der Waals surface area contributed by atoms with Gasteiger partial charge >= 0.3 is 12.0 Å². The van der Waals surface area contributed by atoms with Crippen LogP contribution in [0.1, 0.15) is 39.5 Å². The van der Waals surface area contributed by atoms with E-state index in [2.05, 4.69) is 24.5 Å². The number of carboxylic acid groups (broad SMARTS) is 1. The minimum atomic E-state index is -1.02. The normalized spacial score (nSPS) is 24.4. The number of aliphatic carboxylic acids is 1. The highest BCUT2D eigenvalue weighted by Gasteiger charge is 2.28. The fourth-order valence-electron chi connectivity index (χ4n) is 2.51. The molecule has 1 saturated carbocycles. The summed E-state index contributed by atoms with van der Waals surface area (Å²) in [5.41, 5.74) is 0. The van der Waals surface area contributed by atoms with Crippen molar-refractivity contribution in [2.24, 2.45) is 11.8 Å². The number of nitrogens with one attached hydrogen (secondary N) is 2. The average molecular weight is 242 g/mol. The van der Waals surface area contributed by atoms with E-state index in [0.717, 1.165) is 19.3 Å². The lowest BCUT2D eigenvalue weighted by Crippen LogP contribution is -2.48. The molecule has 0 saturated heterocycles. The lowest BCUT2D eigenvalue weighted by Gasteiger charge is -2.34. The number of carbonyl (C=O) groups excluding carboxylic acids is 1. The van der Waals surface area contributed by atoms with E-state index in [-0.39, 0.29) is 18.6 Å². The highest BCUT2D eigenvalue weighted by atomic mass is 16.4. The summed E-state index contributed by atoms with van der Waals surface area (Å²) in [6.45, 7) is 4.00. The number of hydrogen-bond acceptors (Lipinski definition) is 2. The summed E-state index contributed by atoms with van der Waals surface area (Å²) in [4.78, 5) is 21.8. The first kappa shape index (κ1) is 13.8. The molecule has 0 radical (unpaired) electrons. The van der Waals surface area contributed by atoms with Gasteiger partial charge in [-0.05, 0) is 24.7 Å². The first-order valence-electron chi connectivity index (χ1n) is 6.27. The number of carboxylic acids is 1. The van der Waals surface area contributed by atoms with Crippen molar-refractivity contribution >= 4 is 12.0 Å². The second kappa shape index (κ2) is 6.47. The number of hydrogen-bond donors (Lipinski definition) is 3. The molecule has 2 amide bonds. The Morgan fingerprint density at radius 2 is 1.94 bits per heavy atom. The Bertz CT molecular complexity index is 279. The second-order valence-electron chi connectivity index (χ2n) is 5.02. The molecule has 2 atom stereocenters. The molecule has 1 rings (SSSR count). The zero-order valence-corrected chi connectivity index (χ0v) is 10.5. The SMILES string of the molecule is CC(C)C1CCCCC1NC(=O)NCC(=O)O. The monoisotopic (exact) mass is 242 g/mol. The van der Waals surface area contributed by atoms with Crippen LogP contribution in [0.25, 0.3) is 0 Å². The van der Waals surface area contributed by atoms with Gasteiger partial charge in [-0.2, -0.15) is 0 Å². The topological polar surface area (TPSA) is 78.4 Å². The fraction of sp³-hybridized carbons (Fsp3) is 0.833. The first-order chi connectivity index (χ1) is 8.00. The van der Waals surface area contributed by atoms with Crippen molar-refractivity contribution in [2.75, 3.05) is 6.54 Å². The van der Waals surface area contributed by atoms with Gasteiger partial charge in [-0.1, -0.05) is 26.7 Å². The molecule has 3 N–H and O–H groups in total. The largest absolute Gasteiger partial charge is 0.480 e. The van der Waals surface area contributed by atoms with Gasteiger partial charge in [0.2, 0.25) is 0 Å². The molecule has 17 heavy (non-hydrogen) atoms. The van der Waals surface area contributed by atoms with E-state index in [0.29, 0.717) is 11.8 Å². The molecule has 0 heterocycles. The van der Waals surface area contributed by atoms with Gasteiger partial charge in [0.1, 0.15) is 6.54 Å². The standard InChI is InChI=1S/C12H22N2O3/c1-8(2)9-5-3-4-6-10(9)14-12(17)13-7-11(15)16/h8-10H,3-7H2,1-2H3,(H,15,16)(H2,13,14,17). The minimum Gasteiger partial charge on any atom is -0.480 e. The van der Waals surface area contributed by atoms with Gasteiger partial charge in [0.05, 0.1) is 0 Å². The third kappa shape index (κ3) is 4.63. The molecule has 1 aliphatic carbocycles. The van der Waals surface area contributed by atoms with Crippen LogP contribution in [0.5, 0.6) is 0 Å². The lowest BCUT2D eigenvalue weighted by atomic mass is 9.78. The van der Waals surface area contributed by atoms with Crippen molar-refractivity contribution in [1.29, 1.82) is 0 Å². The van der Waals surface area contributed by atoms with Crippen LogP contribution in [0.3, 0.4) is 0 Å². The van der Waals surface area contributed by atoms with Crippen LogP contribution in [0.2, 0.25) is 0 Å². The Morgan fingerprint density at radius 1 is 1.29 bits per heavy atom. The van der Waals surface area contributed by atoms with E-state index >= 15 is 0 Å². The van der Waals surface area contributed by atoms with Crippen molar-refractivity contribution < 1.29 is 14.7 Å². The molecule has 98 valence electrons. The van der Waals surface area contributed by atoms with Gasteiger partial charge in [-0.3, -0.25) is 4.79 Å². The lowest BCUT2D eigenvalue weighted by molar-refractivity contribution is -0.135. The Morgan fingerprint density at radius 3 is 2.53 bits per heavy atom. The quantitative estimate of drug-likeness (QED) is 0.700. The maximum Gasteiger partial charge on any atom is 0.323 e. The number of rotatable bonds is 4. The Kier molecular flexibility index (Phi) is 5.25. The second-order valence-corrected chi connectivity index (χ2v) is 5.02. The molecule has 0 aromatic heterocycles. The predicted molar refractivity (Wildman–Crippen MR) is 64.8 cm³/mol. The molecule has 1 fully saturated rings. The van der Waals surface area contributed by atoms with Gasteiger partial charge in [0.25, 0.3) is 0 Å². The molecule has 2 unspecified atom stereocenters. The third-order valence-corrected chi connectivity index (χ3v) is 3.39. The van der Waals surface area contributed by atoms with Crippen LogP contribution >= 0.6 is 0 Å². The first-order valence-corrected chi connectivity index (χ1v) is 6.27. The van der Waals surface area contributed by atoms with Crippen molar-refractivity contribution in [1.82, 2.24) is 10.6 Å². The third-order valence-electron chi connectivity index (χ3n) is 3.39. The predicted octanol–water partition coefficient (Wildman–Crippen LogP) is 1.58. The molecule has 5 heteroatoms. The summed E-state index contributed by atoms with van der Waals surface area (Å²) < 4.78 is 0. The molecule has 0 aromatic rings. The van der Waals surface area contributed by atoms with Crippen molar-refractivity contribution in [3.8, 4) is 0 Å². The van der Waals surface area contributed by atoms with E-state index in [4.69, 9.17) is 5.11 Å². The maximum absolute atomic E-state index is 11.5. The summed E-state index contributed by atoms with van der Waals surface area (Å²) in [5, 5.41) is 13.7. The van der Waals surface area contributed by atoms with Crippen LogP contribution in [-0.2, 0) is 4.79 Å². The van der Waals surface area contributed by atoms with Crippen LogP contribution in [0, 0.1) is 11.8 Å². The summed E-state index contributed by atoms with van der Waals surface area (Å²) >= 11 is 0. The van der Waals surface area contributed by atoms with E-state index in [9.17, 15) is 9.59 Å². The number of amides is 2. The van der Waals surface area contributed by atoms with Gasteiger partial charge in [-0.15, -0.1) is 0 Å². The van der Waals surface area contributed by atoms with Crippen LogP contribution in [-0.4, -0.2) is 29.7 Å². The molecule has 0 spiro atoms. The zero-order chi connectivity index (χ0) is 12.8. The fourth-order valence-corrected chi connectivity index (χ4v) is 2.51. The highest BCUT2D eigenvalue weighted by Crippen LogP contribution is 2.29. The number of urea groups is 1. The average Bonchev–Trinajstić information content (AvgIpc) is 2.27. The van der Waals surface area contributed by atoms with Crippen LogP contribution in [0.4, 0.5) is 4.79 Å². The van der Waals surface area contributed by atoms with Crippen LogP contribution in [0.15, 0.2) is 0 Å². The van der Waals surface area contributed by atoms with Crippen molar-refractivity contribution in [3.05, 3.63) is 0 Å². The summed E-state index contributed by atoms with van der Waals surface area (Å²) in [6, 6.07) is -0.192. The summed E-state index contributed by atoms with van der Waals surface area (Å²) in [7, 11) is 0. The van der Waals surface area contributed by atoms with E-state index in [1.165, 1.54) is 6.42 Å². The van der Waals surface area contributed by atoms with Gasteiger partial charge in [0, 0.05) is 6.04 Å². The maximum atomic E-state index is 11.5. The summed E-state index contributed by atoms with van der Waals surface area (Å²) in [6.07, 6.45) is 4.48. The van der Waals surface area contributed by atoms with Gasteiger partial charge in [-0.25, -0.2) is 4.79 Å². The van der Waals surface area contributed by atoms with E-state index in [1.54, 1.807) is 0 Å². The van der Waals surface area contributed by atoms with Gasteiger partial charge in [0.15, 0.2) is 0 Å². The van der Waals surface area contributed by atoms with Crippen LogP contribution < -0.4 is 10.6 Å². The Labute approximate surface area is 102 Å². The summed E-state index contributed by atoms with van der Waals surface area (Å²) in [5.74, 6) is 0.0172. The Hall–Kier alpha value is -1.26. The van der Waals surface area contributed by atoms with E-state index < -0.39 is 5.97 Å². The molecule has 0 aliphatic heterocycles. The number of carbonyl (C=O) groups is 2. The Balaban J connectivity index is 2.41. The zero-order valence-electron chi connectivity index (χ0n) is 10.5. The molecule has 1 aliphatic rings. The molecule has 5 nitrogen and oxygen atoms in total. The van der Waals surface area contributed by atoms with Crippen molar-refractivity contribution in [3.63, 3.8) is 0 Å². The van der Waals surface area contributed by atoms with Crippen molar-refractivity contribution in [2.45, 2.75) is 45.6 Å². The molecular formula is C12H22N2O3. The minimum absolute atomic E-state index is 0.178. The highest BCUT2D eigenvalue weighted by molar-refractivity contribution is 5.80. The molecule has 0 aromatic carbocycles. The molecule has 0 bridgehead atoms. The smallest absolute Gasteiger partial charge is 0.323 e. The molecular weight excluding hydrogens is 220 g/mol.